The Labute approximate surface area is 76.8 Å². The quantitative estimate of drug-likeness (QED) is 0.466. The van der Waals surface area contributed by atoms with Crippen LogP contribution in [0.3, 0.4) is 0 Å². The van der Waals surface area contributed by atoms with Crippen LogP contribution in [0.15, 0.2) is 18.2 Å². The molecule has 0 saturated heterocycles. The van der Waals surface area contributed by atoms with E-state index in [1.165, 1.54) is 12.1 Å². The smallest absolute Gasteiger partial charge is 0.115 e. The number of aromatic hydroxyl groups is 1. The van der Waals surface area contributed by atoms with Gasteiger partial charge in [-0.15, -0.1) is 0 Å². The van der Waals surface area contributed by atoms with Gasteiger partial charge in [-0.05, 0) is 23.3 Å². The first-order chi connectivity index (χ1) is 5.27. The van der Waals surface area contributed by atoms with Gasteiger partial charge in [-0.2, -0.15) is 0 Å². The number of phenolic OH excluding ortho intramolecular Hbond substituents is 1. The van der Waals surface area contributed by atoms with Gasteiger partial charge in [-0.1, -0.05) is 6.07 Å². The Hall–Kier alpha value is -1.14. The maximum Gasteiger partial charge on any atom is 0.115 e. The topological polar surface area (TPSA) is 131 Å². The predicted molar refractivity (Wildman–Crippen MR) is 50.0 cm³/mol. The summed E-state index contributed by atoms with van der Waals surface area (Å²) in [4.78, 5) is 0. The Kier molecular flexibility index (Phi) is 7.07. The van der Waals surface area contributed by atoms with Crippen LogP contribution in [0.2, 0.25) is 0 Å². The molecule has 0 radical (unpaired) electrons. The summed E-state index contributed by atoms with van der Waals surface area (Å²) in [5.74, 6) is 0.103. The minimum absolute atomic E-state index is 0. The van der Waals surface area contributed by atoms with E-state index in [0.29, 0.717) is 11.1 Å². The number of hydrogen-bond donors (Lipinski definition) is 5. The first kappa shape index (κ1) is 14.4. The van der Waals surface area contributed by atoms with Crippen molar-refractivity contribution in [1.29, 1.82) is 0 Å². The van der Waals surface area contributed by atoms with Crippen molar-refractivity contribution in [1.82, 2.24) is 12.3 Å². The van der Waals surface area contributed by atoms with E-state index in [1.54, 1.807) is 6.07 Å². The Morgan fingerprint density at radius 3 is 1.92 bits per heavy atom. The molecule has 0 atom stereocenters. The van der Waals surface area contributed by atoms with Crippen molar-refractivity contribution in [3.63, 3.8) is 0 Å². The molecule has 5 heteroatoms. The van der Waals surface area contributed by atoms with Crippen molar-refractivity contribution in [2.45, 2.75) is 13.2 Å². The zero-order valence-electron chi connectivity index (χ0n) is 7.40. The molecule has 0 aliphatic rings. The van der Waals surface area contributed by atoms with Gasteiger partial charge in [0, 0.05) is 0 Å². The molecule has 76 valence electrons. The minimum atomic E-state index is -0.162. The molecule has 0 aliphatic heterocycles. The number of phenols is 1. The Morgan fingerprint density at radius 2 is 1.46 bits per heavy atom. The normalized spacial score (nSPS) is 8.46. The van der Waals surface area contributed by atoms with E-state index >= 15 is 0 Å². The monoisotopic (exact) mass is 188 g/mol. The highest BCUT2D eigenvalue weighted by Gasteiger charge is 2.00. The van der Waals surface area contributed by atoms with Gasteiger partial charge in [-0.3, -0.25) is 0 Å². The molecule has 1 aromatic rings. The van der Waals surface area contributed by atoms with Crippen molar-refractivity contribution in [2.24, 2.45) is 0 Å². The summed E-state index contributed by atoms with van der Waals surface area (Å²) in [5, 5.41) is 26.5. The molecule has 0 fully saturated rings. The maximum absolute atomic E-state index is 8.97. The van der Waals surface area contributed by atoms with Gasteiger partial charge in [0.25, 0.3) is 0 Å². The van der Waals surface area contributed by atoms with Crippen LogP contribution < -0.4 is 12.3 Å². The van der Waals surface area contributed by atoms with Crippen LogP contribution in [0.1, 0.15) is 11.1 Å². The van der Waals surface area contributed by atoms with E-state index in [-0.39, 0.29) is 31.3 Å². The molecule has 1 aromatic carbocycles. The standard InChI is InChI=1S/C8H10O3.2H3N/c9-4-6-1-2-8(11)3-7(6)5-10;;/h1-3,9-11H,4-5H2;2*1H3. The highest BCUT2D eigenvalue weighted by molar-refractivity contribution is 5.33. The number of benzene rings is 1. The van der Waals surface area contributed by atoms with Crippen LogP contribution in [-0.2, 0) is 13.2 Å². The van der Waals surface area contributed by atoms with Gasteiger partial charge >= 0.3 is 0 Å². The number of aliphatic hydroxyl groups is 2. The highest BCUT2D eigenvalue weighted by atomic mass is 16.3. The molecule has 0 saturated carbocycles. The molecule has 0 heterocycles. The van der Waals surface area contributed by atoms with Crippen molar-refractivity contribution < 1.29 is 15.3 Å². The molecule has 9 N–H and O–H groups in total. The minimum Gasteiger partial charge on any atom is -0.508 e. The van der Waals surface area contributed by atoms with E-state index in [1.807, 2.05) is 0 Å². The summed E-state index contributed by atoms with van der Waals surface area (Å²) < 4.78 is 0. The van der Waals surface area contributed by atoms with Gasteiger partial charge in [0.2, 0.25) is 0 Å². The molecular formula is C8H16N2O3. The zero-order valence-corrected chi connectivity index (χ0v) is 7.40. The molecule has 13 heavy (non-hydrogen) atoms. The Morgan fingerprint density at radius 1 is 0.923 bits per heavy atom. The van der Waals surface area contributed by atoms with Gasteiger partial charge in [0.05, 0.1) is 13.2 Å². The number of aliphatic hydroxyl groups excluding tert-OH is 2. The second kappa shape index (κ2) is 6.38. The second-order valence-electron chi connectivity index (χ2n) is 2.27. The fourth-order valence-corrected chi connectivity index (χ4v) is 0.914. The molecule has 1 rings (SSSR count). The highest BCUT2D eigenvalue weighted by Crippen LogP contribution is 2.16. The maximum atomic E-state index is 8.97. The van der Waals surface area contributed by atoms with Crippen LogP contribution in [-0.4, -0.2) is 15.3 Å². The lowest BCUT2D eigenvalue weighted by Crippen LogP contribution is -1.92. The van der Waals surface area contributed by atoms with Crippen molar-refractivity contribution in [3.8, 4) is 5.75 Å². The Bertz CT molecular complexity index is 253. The summed E-state index contributed by atoms with van der Waals surface area (Å²) in [6.07, 6.45) is 0. The van der Waals surface area contributed by atoms with E-state index in [4.69, 9.17) is 15.3 Å². The summed E-state index contributed by atoms with van der Waals surface area (Å²) >= 11 is 0. The van der Waals surface area contributed by atoms with E-state index < -0.39 is 0 Å². The molecule has 0 unspecified atom stereocenters. The number of hydrogen-bond acceptors (Lipinski definition) is 5. The van der Waals surface area contributed by atoms with Crippen molar-refractivity contribution in [2.75, 3.05) is 0 Å². The average molecular weight is 188 g/mol. The lowest BCUT2D eigenvalue weighted by atomic mass is 10.1. The molecule has 0 spiro atoms. The van der Waals surface area contributed by atoms with Crippen LogP contribution in [0.25, 0.3) is 0 Å². The molecule has 0 aliphatic carbocycles. The molecule has 0 aromatic heterocycles. The lowest BCUT2D eigenvalue weighted by molar-refractivity contribution is 0.259. The summed E-state index contributed by atoms with van der Waals surface area (Å²) in [6.45, 7) is -0.277. The molecule has 0 amide bonds. The fraction of sp³-hybridized carbons (Fsp3) is 0.250. The van der Waals surface area contributed by atoms with Gasteiger partial charge in [-0.25, -0.2) is 0 Å². The van der Waals surface area contributed by atoms with Crippen LogP contribution in [0, 0.1) is 0 Å². The van der Waals surface area contributed by atoms with E-state index in [9.17, 15) is 0 Å². The SMILES string of the molecule is N.N.OCc1ccc(O)cc1CO. The summed E-state index contributed by atoms with van der Waals surface area (Å²) in [6, 6.07) is 4.50. The number of rotatable bonds is 2. The predicted octanol–water partition coefficient (Wildman–Crippen LogP) is 0.701. The third-order valence-electron chi connectivity index (χ3n) is 1.53. The fourth-order valence-electron chi connectivity index (χ4n) is 0.914. The molecular weight excluding hydrogens is 172 g/mol. The zero-order chi connectivity index (χ0) is 8.27. The summed E-state index contributed by atoms with van der Waals surface area (Å²) in [7, 11) is 0. The third kappa shape index (κ3) is 3.39. The largest absolute Gasteiger partial charge is 0.508 e. The second-order valence-corrected chi connectivity index (χ2v) is 2.27. The first-order valence-electron chi connectivity index (χ1n) is 3.30. The van der Waals surface area contributed by atoms with Gasteiger partial charge in [0.15, 0.2) is 0 Å². The molecule has 5 nitrogen and oxygen atoms in total. The van der Waals surface area contributed by atoms with Gasteiger partial charge in [0.1, 0.15) is 5.75 Å². The molecule has 0 bridgehead atoms. The third-order valence-corrected chi connectivity index (χ3v) is 1.53. The van der Waals surface area contributed by atoms with Gasteiger partial charge < -0.3 is 27.6 Å². The van der Waals surface area contributed by atoms with Crippen LogP contribution in [0.4, 0.5) is 0 Å². The van der Waals surface area contributed by atoms with E-state index in [0.717, 1.165) is 0 Å². The average Bonchev–Trinajstić information content (AvgIpc) is 2.04. The lowest BCUT2D eigenvalue weighted by Gasteiger charge is -2.03. The van der Waals surface area contributed by atoms with Crippen molar-refractivity contribution >= 4 is 0 Å². The van der Waals surface area contributed by atoms with Crippen molar-refractivity contribution in [3.05, 3.63) is 29.3 Å². The Balaban J connectivity index is 0. The summed E-state index contributed by atoms with van der Waals surface area (Å²) in [5.41, 5.74) is 1.21. The van der Waals surface area contributed by atoms with Crippen LogP contribution in [0.5, 0.6) is 5.75 Å². The van der Waals surface area contributed by atoms with E-state index in [2.05, 4.69) is 0 Å². The first-order valence-corrected chi connectivity index (χ1v) is 3.30. The van der Waals surface area contributed by atoms with Crippen LogP contribution >= 0.6 is 0 Å².